The number of rotatable bonds is 1. The summed E-state index contributed by atoms with van der Waals surface area (Å²) < 4.78 is 11.7. The molecular formula is C9H15N3OS. The zero-order valence-electron chi connectivity index (χ0n) is 8.26. The van der Waals surface area contributed by atoms with Crippen molar-refractivity contribution in [2.45, 2.75) is 0 Å². The van der Waals surface area contributed by atoms with E-state index in [1.54, 1.807) is 18.5 Å². The van der Waals surface area contributed by atoms with Crippen LogP contribution >= 0.6 is 0 Å². The second kappa shape index (κ2) is 3.65. The van der Waals surface area contributed by atoms with Gasteiger partial charge in [-0.2, -0.15) is 0 Å². The molecule has 1 saturated heterocycles. The Hall–Kier alpha value is -0.970. The predicted octanol–water partition coefficient (Wildman–Crippen LogP) is -0.0569. The first kappa shape index (κ1) is 9.58. The van der Waals surface area contributed by atoms with Crippen LogP contribution in [0.3, 0.4) is 0 Å². The molecule has 5 heteroatoms. The molecule has 0 N–H and O–H groups in total. The van der Waals surface area contributed by atoms with Crippen molar-refractivity contribution in [3.8, 4) is 0 Å². The summed E-state index contributed by atoms with van der Waals surface area (Å²) in [5, 5.41) is 0. The fourth-order valence-corrected chi connectivity index (χ4v) is 3.10. The topological polar surface area (TPSA) is 46.1 Å². The smallest absolute Gasteiger partial charge is 0.225 e. The lowest BCUT2D eigenvalue weighted by Crippen LogP contribution is -2.43. The molecule has 78 valence electrons. The molecule has 1 aromatic rings. The highest BCUT2D eigenvalue weighted by atomic mass is 32.2. The van der Waals surface area contributed by atoms with Gasteiger partial charge in [-0.3, -0.25) is 4.21 Å². The standard InChI is InChI=1S/C9H15N3OS/c1-14(13)7-5-12(6-8-14)9-10-3-2-4-11-9/h2-4,14H,5-8H2,1H3. The van der Waals surface area contributed by atoms with Crippen molar-refractivity contribution >= 4 is 15.9 Å². The van der Waals surface area contributed by atoms with Gasteiger partial charge in [-0.1, -0.05) is 0 Å². The minimum absolute atomic E-state index is 0.757. The summed E-state index contributed by atoms with van der Waals surface area (Å²) in [5.41, 5.74) is 0. The summed E-state index contributed by atoms with van der Waals surface area (Å²) >= 11 is 0. The van der Waals surface area contributed by atoms with Gasteiger partial charge in [0, 0.05) is 37.0 Å². The van der Waals surface area contributed by atoms with Gasteiger partial charge >= 0.3 is 0 Å². The molecule has 0 saturated carbocycles. The van der Waals surface area contributed by atoms with Crippen molar-refractivity contribution in [1.29, 1.82) is 0 Å². The van der Waals surface area contributed by atoms with Gasteiger partial charge in [-0.15, -0.1) is 9.93 Å². The van der Waals surface area contributed by atoms with E-state index in [1.165, 1.54) is 0 Å². The average Bonchev–Trinajstić information content (AvgIpc) is 2.19. The average molecular weight is 213 g/mol. The van der Waals surface area contributed by atoms with E-state index < -0.39 is 9.93 Å². The first-order chi connectivity index (χ1) is 6.67. The van der Waals surface area contributed by atoms with Crippen molar-refractivity contribution in [1.82, 2.24) is 9.97 Å². The van der Waals surface area contributed by atoms with Gasteiger partial charge in [0.2, 0.25) is 5.95 Å². The first-order valence-corrected chi connectivity index (χ1v) is 7.27. The Kier molecular flexibility index (Phi) is 2.50. The van der Waals surface area contributed by atoms with Gasteiger partial charge in [0.1, 0.15) is 0 Å². The molecule has 0 radical (unpaired) electrons. The predicted molar refractivity (Wildman–Crippen MR) is 59.4 cm³/mol. The van der Waals surface area contributed by atoms with Gasteiger partial charge in [-0.05, 0) is 12.3 Å². The highest BCUT2D eigenvalue weighted by molar-refractivity contribution is 8.02. The molecule has 0 atom stereocenters. The van der Waals surface area contributed by atoms with Crippen molar-refractivity contribution in [3.05, 3.63) is 18.5 Å². The van der Waals surface area contributed by atoms with Gasteiger partial charge < -0.3 is 4.90 Å². The maximum absolute atomic E-state index is 11.7. The number of anilines is 1. The number of thiol groups is 1. The fraction of sp³-hybridized carbons (Fsp3) is 0.556. The molecule has 1 fully saturated rings. The molecule has 14 heavy (non-hydrogen) atoms. The monoisotopic (exact) mass is 213 g/mol. The van der Waals surface area contributed by atoms with Crippen molar-refractivity contribution < 1.29 is 4.21 Å². The maximum Gasteiger partial charge on any atom is 0.225 e. The van der Waals surface area contributed by atoms with Crippen LogP contribution in [0.5, 0.6) is 0 Å². The molecule has 0 aliphatic carbocycles. The largest absolute Gasteiger partial charge is 0.339 e. The lowest BCUT2D eigenvalue weighted by atomic mass is 10.5. The van der Waals surface area contributed by atoms with Crippen LogP contribution in [-0.2, 0) is 9.93 Å². The summed E-state index contributed by atoms with van der Waals surface area (Å²) in [4.78, 5) is 10.4. The van der Waals surface area contributed by atoms with Gasteiger partial charge in [-0.25, -0.2) is 9.97 Å². The number of aromatic nitrogens is 2. The van der Waals surface area contributed by atoms with Crippen LogP contribution < -0.4 is 4.90 Å². The number of hydrogen-bond acceptors (Lipinski definition) is 4. The quantitative estimate of drug-likeness (QED) is 0.664. The van der Waals surface area contributed by atoms with Crippen LogP contribution in [0.25, 0.3) is 0 Å². The molecule has 0 aromatic carbocycles. The van der Waals surface area contributed by atoms with Crippen LogP contribution in [0.1, 0.15) is 0 Å². The van der Waals surface area contributed by atoms with Crippen molar-refractivity contribution in [2.24, 2.45) is 0 Å². The van der Waals surface area contributed by atoms with Crippen LogP contribution in [0, 0.1) is 0 Å². The van der Waals surface area contributed by atoms with E-state index in [0.717, 1.165) is 30.5 Å². The van der Waals surface area contributed by atoms with E-state index in [9.17, 15) is 4.21 Å². The van der Waals surface area contributed by atoms with Crippen LogP contribution in [0.2, 0.25) is 0 Å². The molecule has 0 spiro atoms. The molecule has 1 aliphatic rings. The SMILES string of the molecule is C[SH]1(=O)CCN(c2ncccn2)CC1. The third kappa shape index (κ3) is 2.09. The molecule has 0 unspecified atom stereocenters. The van der Waals surface area contributed by atoms with Gasteiger partial charge in [0.15, 0.2) is 0 Å². The molecule has 4 nitrogen and oxygen atoms in total. The second-order valence-corrected chi connectivity index (χ2v) is 7.27. The Morgan fingerprint density at radius 3 is 2.43 bits per heavy atom. The van der Waals surface area contributed by atoms with Crippen LogP contribution in [0.15, 0.2) is 18.5 Å². The fourth-order valence-electron chi connectivity index (χ4n) is 1.54. The Bertz CT molecular complexity index is 342. The van der Waals surface area contributed by atoms with E-state index in [0.29, 0.717) is 0 Å². The molecule has 2 rings (SSSR count). The van der Waals surface area contributed by atoms with E-state index in [4.69, 9.17) is 0 Å². The molecule has 1 aromatic heterocycles. The molecule has 1 aliphatic heterocycles. The number of nitrogens with zero attached hydrogens (tertiary/aromatic N) is 3. The van der Waals surface area contributed by atoms with Gasteiger partial charge in [0.05, 0.1) is 0 Å². The van der Waals surface area contributed by atoms with Crippen LogP contribution in [0.4, 0.5) is 5.95 Å². The number of hydrogen-bond donors (Lipinski definition) is 1. The summed E-state index contributed by atoms with van der Waals surface area (Å²) in [6, 6.07) is 1.80. The summed E-state index contributed by atoms with van der Waals surface area (Å²) in [6.07, 6.45) is 5.36. The highest BCUT2D eigenvalue weighted by Gasteiger charge is 2.20. The molecule has 0 amide bonds. The Morgan fingerprint density at radius 2 is 1.86 bits per heavy atom. The minimum Gasteiger partial charge on any atom is -0.339 e. The van der Waals surface area contributed by atoms with Gasteiger partial charge in [0.25, 0.3) is 0 Å². The zero-order chi connectivity index (χ0) is 10.0. The summed E-state index contributed by atoms with van der Waals surface area (Å²) in [6.45, 7) is 1.63. The first-order valence-electron chi connectivity index (χ1n) is 4.75. The Morgan fingerprint density at radius 1 is 1.29 bits per heavy atom. The highest BCUT2D eigenvalue weighted by Crippen LogP contribution is 2.13. The molecule has 0 bridgehead atoms. The summed E-state index contributed by atoms with van der Waals surface area (Å²) in [7, 11) is -1.84. The molecular weight excluding hydrogens is 198 g/mol. The Labute approximate surface area is 84.8 Å². The third-order valence-electron chi connectivity index (χ3n) is 2.52. The second-order valence-electron chi connectivity index (χ2n) is 3.78. The minimum atomic E-state index is -1.84. The summed E-state index contributed by atoms with van der Waals surface area (Å²) in [5.74, 6) is 2.32. The van der Waals surface area contributed by atoms with Crippen molar-refractivity contribution in [2.75, 3.05) is 35.8 Å². The zero-order valence-corrected chi connectivity index (χ0v) is 9.15. The maximum atomic E-state index is 11.7. The van der Waals surface area contributed by atoms with Crippen molar-refractivity contribution in [3.63, 3.8) is 0 Å². The van der Waals surface area contributed by atoms with E-state index in [1.807, 2.05) is 6.26 Å². The lowest BCUT2D eigenvalue weighted by Gasteiger charge is -2.32. The van der Waals surface area contributed by atoms with E-state index >= 15 is 0 Å². The Balaban J connectivity index is 2.06. The van der Waals surface area contributed by atoms with E-state index in [2.05, 4.69) is 14.9 Å². The van der Waals surface area contributed by atoms with E-state index in [-0.39, 0.29) is 0 Å². The normalized spacial score (nSPS) is 23.1. The van der Waals surface area contributed by atoms with Crippen LogP contribution in [-0.4, -0.2) is 45.0 Å². The third-order valence-corrected chi connectivity index (χ3v) is 4.81. The lowest BCUT2D eigenvalue weighted by molar-refractivity contribution is 0.661. The molecule has 2 heterocycles.